The Morgan fingerprint density at radius 3 is 2.04 bits per heavy atom. The van der Waals surface area contributed by atoms with Gasteiger partial charge in [-0.15, -0.1) is 0 Å². The molecule has 2 aromatic rings. The molecule has 0 heterocycles. The molecular weight excluding hydrogens is 322 g/mol. The SMILES string of the molecule is CCN(CC)Cc1ccc(C(=O)N(CC)c2ccc(F)c(F)c2)cc1. The van der Waals surface area contributed by atoms with E-state index in [1.807, 2.05) is 12.1 Å². The fourth-order valence-electron chi connectivity index (χ4n) is 2.71. The molecule has 0 saturated carbocycles. The summed E-state index contributed by atoms with van der Waals surface area (Å²) in [7, 11) is 0. The van der Waals surface area contributed by atoms with Crippen LogP contribution in [0.5, 0.6) is 0 Å². The Bertz CT molecular complexity index is 712. The number of amides is 1. The number of nitrogens with zero attached hydrogens (tertiary/aromatic N) is 2. The predicted molar refractivity (Wildman–Crippen MR) is 96.8 cm³/mol. The molecule has 0 N–H and O–H groups in total. The summed E-state index contributed by atoms with van der Waals surface area (Å²) < 4.78 is 26.6. The third-order valence-electron chi connectivity index (χ3n) is 4.28. The van der Waals surface area contributed by atoms with Gasteiger partial charge in [0.15, 0.2) is 11.6 Å². The molecule has 0 aliphatic rings. The lowest BCUT2D eigenvalue weighted by Gasteiger charge is -2.22. The lowest BCUT2D eigenvalue weighted by atomic mass is 10.1. The quantitative estimate of drug-likeness (QED) is 0.738. The van der Waals surface area contributed by atoms with Gasteiger partial charge in [0.25, 0.3) is 5.91 Å². The first kappa shape index (κ1) is 19.1. The van der Waals surface area contributed by atoms with E-state index in [1.54, 1.807) is 19.1 Å². The van der Waals surface area contributed by atoms with Crippen LogP contribution in [-0.2, 0) is 6.54 Å². The van der Waals surface area contributed by atoms with Crippen molar-refractivity contribution in [2.24, 2.45) is 0 Å². The highest BCUT2D eigenvalue weighted by atomic mass is 19.2. The maximum atomic E-state index is 13.5. The molecule has 3 nitrogen and oxygen atoms in total. The highest BCUT2D eigenvalue weighted by molar-refractivity contribution is 6.06. The lowest BCUT2D eigenvalue weighted by Crippen LogP contribution is -2.30. The molecule has 0 bridgehead atoms. The first-order chi connectivity index (χ1) is 12.0. The zero-order valence-corrected chi connectivity index (χ0v) is 14.9. The average molecular weight is 346 g/mol. The summed E-state index contributed by atoms with van der Waals surface area (Å²) in [5.74, 6) is -2.12. The van der Waals surface area contributed by atoms with Crippen LogP contribution in [0.1, 0.15) is 36.7 Å². The van der Waals surface area contributed by atoms with E-state index in [0.29, 0.717) is 17.8 Å². The lowest BCUT2D eigenvalue weighted by molar-refractivity contribution is 0.0988. The van der Waals surface area contributed by atoms with Crippen LogP contribution in [0.25, 0.3) is 0 Å². The molecule has 0 radical (unpaired) electrons. The molecule has 5 heteroatoms. The van der Waals surface area contributed by atoms with E-state index in [-0.39, 0.29) is 5.91 Å². The van der Waals surface area contributed by atoms with E-state index in [0.717, 1.165) is 37.3 Å². The Morgan fingerprint density at radius 1 is 0.880 bits per heavy atom. The topological polar surface area (TPSA) is 23.6 Å². The molecule has 134 valence electrons. The van der Waals surface area contributed by atoms with Crippen molar-refractivity contribution in [3.63, 3.8) is 0 Å². The van der Waals surface area contributed by atoms with Gasteiger partial charge in [0.1, 0.15) is 0 Å². The standard InChI is InChI=1S/C20H24F2N2O/c1-4-23(5-2)14-15-7-9-16(10-8-15)20(25)24(6-3)17-11-12-18(21)19(22)13-17/h7-13H,4-6,14H2,1-3H3. The number of hydrogen-bond acceptors (Lipinski definition) is 2. The molecule has 0 unspecified atom stereocenters. The van der Waals surface area contributed by atoms with Crippen molar-refractivity contribution in [2.75, 3.05) is 24.5 Å². The molecule has 0 atom stereocenters. The summed E-state index contributed by atoms with van der Waals surface area (Å²) in [5, 5.41) is 0. The molecule has 2 rings (SSSR count). The van der Waals surface area contributed by atoms with E-state index in [2.05, 4.69) is 18.7 Å². The number of carbonyl (C=O) groups is 1. The maximum absolute atomic E-state index is 13.5. The van der Waals surface area contributed by atoms with Gasteiger partial charge < -0.3 is 4.90 Å². The number of carbonyl (C=O) groups excluding carboxylic acids is 1. The first-order valence-corrected chi connectivity index (χ1v) is 8.58. The van der Waals surface area contributed by atoms with Crippen LogP contribution in [0, 0.1) is 11.6 Å². The van der Waals surface area contributed by atoms with Crippen LogP contribution < -0.4 is 4.90 Å². The van der Waals surface area contributed by atoms with E-state index < -0.39 is 11.6 Å². The van der Waals surface area contributed by atoms with Crippen molar-refractivity contribution in [2.45, 2.75) is 27.3 Å². The van der Waals surface area contributed by atoms with Crippen molar-refractivity contribution < 1.29 is 13.6 Å². The maximum Gasteiger partial charge on any atom is 0.258 e. The third-order valence-corrected chi connectivity index (χ3v) is 4.28. The van der Waals surface area contributed by atoms with Crippen molar-refractivity contribution in [3.8, 4) is 0 Å². The second kappa shape index (κ2) is 8.72. The number of benzene rings is 2. The molecule has 0 aromatic heterocycles. The van der Waals surface area contributed by atoms with Crippen molar-refractivity contribution >= 4 is 11.6 Å². The molecule has 0 aliphatic carbocycles. The normalized spacial score (nSPS) is 11.0. The van der Waals surface area contributed by atoms with E-state index >= 15 is 0 Å². The van der Waals surface area contributed by atoms with Gasteiger partial charge in [-0.1, -0.05) is 26.0 Å². The molecule has 0 aliphatic heterocycles. The highest BCUT2D eigenvalue weighted by Crippen LogP contribution is 2.20. The molecule has 1 amide bonds. The first-order valence-electron chi connectivity index (χ1n) is 8.58. The van der Waals surface area contributed by atoms with Gasteiger partial charge in [0, 0.05) is 30.4 Å². The van der Waals surface area contributed by atoms with E-state index in [1.165, 1.54) is 11.0 Å². The molecule has 0 spiro atoms. The Labute approximate surface area is 147 Å². The summed E-state index contributed by atoms with van der Waals surface area (Å²) in [6.07, 6.45) is 0. The minimum Gasteiger partial charge on any atom is -0.309 e. The fourth-order valence-corrected chi connectivity index (χ4v) is 2.71. The van der Waals surface area contributed by atoms with Crippen LogP contribution in [0.2, 0.25) is 0 Å². The molecule has 0 saturated heterocycles. The van der Waals surface area contributed by atoms with Crippen molar-refractivity contribution in [1.82, 2.24) is 4.90 Å². The zero-order chi connectivity index (χ0) is 18.4. The zero-order valence-electron chi connectivity index (χ0n) is 14.9. The number of rotatable bonds is 7. The second-order valence-corrected chi connectivity index (χ2v) is 5.81. The number of halogens is 2. The van der Waals surface area contributed by atoms with Gasteiger partial charge in [-0.3, -0.25) is 9.69 Å². The summed E-state index contributed by atoms with van der Waals surface area (Å²) in [5.41, 5.74) is 2.00. The molecule has 2 aromatic carbocycles. The summed E-state index contributed by atoms with van der Waals surface area (Å²) in [6.45, 7) is 9.17. The smallest absolute Gasteiger partial charge is 0.258 e. The van der Waals surface area contributed by atoms with Crippen LogP contribution in [0.3, 0.4) is 0 Å². The van der Waals surface area contributed by atoms with Gasteiger partial charge in [0.05, 0.1) is 0 Å². The van der Waals surface area contributed by atoms with Crippen molar-refractivity contribution in [3.05, 3.63) is 65.2 Å². The van der Waals surface area contributed by atoms with Crippen LogP contribution >= 0.6 is 0 Å². The van der Waals surface area contributed by atoms with Crippen LogP contribution in [0.4, 0.5) is 14.5 Å². The van der Waals surface area contributed by atoms with Gasteiger partial charge >= 0.3 is 0 Å². The summed E-state index contributed by atoms with van der Waals surface area (Å²) >= 11 is 0. The third kappa shape index (κ3) is 4.63. The molecule has 25 heavy (non-hydrogen) atoms. The van der Waals surface area contributed by atoms with E-state index in [9.17, 15) is 13.6 Å². The monoisotopic (exact) mass is 346 g/mol. The van der Waals surface area contributed by atoms with Gasteiger partial charge in [-0.05, 0) is 49.8 Å². The minimum absolute atomic E-state index is 0.233. The molecule has 0 fully saturated rings. The average Bonchev–Trinajstić information content (AvgIpc) is 2.63. The Balaban J connectivity index is 2.18. The van der Waals surface area contributed by atoms with Gasteiger partial charge in [-0.2, -0.15) is 0 Å². The summed E-state index contributed by atoms with van der Waals surface area (Å²) in [4.78, 5) is 16.4. The van der Waals surface area contributed by atoms with Crippen LogP contribution in [-0.4, -0.2) is 30.4 Å². The number of anilines is 1. The van der Waals surface area contributed by atoms with Gasteiger partial charge in [0.2, 0.25) is 0 Å². The predicted octanol–water partition coefficient (Wildman–Crippen LogP) is 4.47. The highest BCUT2D eigenvalue weighted by Gasteiger charge is 2.17. The van der Waals surface area contributed by atoms with Gasteiger partial charge in [-0.25, -0.2) is 8.78 Å². The largest absolute Gasteiger partial charge is 0.309 e. The Hall–Kier alpha value is -2.27. The second-order valence-electron chi connectivity index (χ2n) is 5.81. The van der Waals surface area contributed by atoms with E-state index in [4.69, 9.17) is 0 Å². The minimum atomic E-state index is -0.960. The molecular formula is C20H24F2N2O. The van der Waals surface area contributed by atoms with Crippen LogP contribution in [0.15, 0.2) is 42.5 Å². The Kier molecular flexibility index (Phi) is 6.65. The summed E-state index contributed by atoms with van der Waals surface area (Å²) in [6, 6.07) is 10.9. The fraction of sp³-hybridized carbons (Fsp3) is 0.350. The number of hydrogen-bond donors (Lipinski definition) is 0. The van der Waals surface area contributed by atoms with Crippen molar-refractivity contribution in [1.29, 1.82) is 0 Å². The Morgan fingerprint density at radius 2 is 1.52 bits per heavy atom.